The fourth-order valence-corrected chi connectivity index (χ4v) is 15.3. The van der Waals surface area contributed by atoms with E-state index in [4.69, 9.17) is 4.74 Å². The van der Waals surface area contributed by atoms with Crippen LogP contribution in [0.4, 0.5) is 34.1 Å². The number of anilines is 6. The van der Waals surface area contributed by atoms with Crippen LogP contribution in [-0.2, 0) is 27.1 Å². The number of ether oxygens (including phenoxy) is 1. The second-order valence-corrected chi connectivity index (χ2v) is 32.2. The highest BCUT2D eigenvalue weighted by Crippen LogP contribution is 2.50. The number of nitrogens with zero attached hydrogens (tertiary/aromatic N) is 3. The van der Waals surface area contributed by atoms with E-state index in [0.29, 0.717) is 0 Å². The number of hydrogen-bond acceptors (Lipinski definition) is 3. The molecule has 11 aromatic rings. The van der Waals surface area contributed by atoms with Crippen LogP contribution in [0.25, 0.3) is 49.7 Å². The summed E-state index contributed by atoms with van der Waals surface area (Å²) in [4.78, 5) is 5.15. The Kier molecular flexibility index (Phi) is 12.6. The molecule has 4 aliphatic heterocycles. The van der Waals surface area contributed by atoms with E-state index < -0.39 is 0 Å². The maximum Gasteiger partial charge on any atom is 0.256 e. The first-order valence-corrected chi connectivity index (χ1v) is 32.9. The number of rotatable bonds is 4. The predicted molar refractivity (Wildman–Crippen MR) is 389 cm³/mol. The van der Waals surface area contributed by atoms with E-state index in [-0.39, 0.29) is 40.5 Å². The standard InChI is InChI=1S/C84H85B2N3O/c1-48-20-22-50(3)61(36-48)52-38-72-77-73(39-52)89-69-34-28-56(82(11,12)13)42-63(69)64-43-58(84(17,18)19)45-68(79(64)89)86(77)66-46-67-75(47-71(66)88(72)60-32-26-55(27-33-60)81(8,9)10)90-76-41-53(62-37-49(2)21-23-51(62)4)40-74-78(76)85(67)65-44-57(83(14,15)16)29-35-70(65)87(74)59-30-24-54(25-31-59)80(5,6)7/h20-47H,1-19H3. The van der Waals surface area contributed by atoms with Crippen molar-refractivity contribution in [3.8, 4) is 39.4 Å². The van der Waals surface area contributed by atoms with Gasteiger partial charge >= 0.3 is 0 Å². The van der Waals surface area contributed by atoms with Gasteiger partial charge in [0.1, 0.15) is 11.5 Å². The molecule has 0 spiro atoms. The van der Waals surface area contributed by atoms with Crippen LogP contribution in [0, 0.1) is 27.7 Å². The van der Waals surface area contributed by atoms with Crippen molar-refractivity contribution in [3.05, 3.63) is 220 Å². The van der Waals surface area contributed by atoms with Crippen molar-refractivity contribution < 1.29 is 4.74 Å². The van der Waals surface area contributed by atoms with Gasteiger partial charge in [0.15, 0.2) is 0 Å². The number of hydrogen-bond donors (Lipinski definition) is 0. The molecule has 0 bridgehead atoms. The quantitative estimate of drug-likeness (QED) is 0.164. The minimum Gasteiger partial charge on any atom is -0.458 e. The van der Waals surface area contributed by atoms with Crippen molar-refractivity contribution in [1.29, 1.82) is 0 Å². The highest BCUT2D eigenvalue weighted by atomic mass is 16.5. The van der Waals surface area contributed by atoms with Crippen LogP contribution in [0.3, 0.4) is 0 Å². The molecule has 5 heterocycles. The Morgan fingerprint density at radius 3 is 1.34 bits per heavy atom. The lowest BCUT2D eigenvalue weighted by Gasteiger charge is -2.44. The number of benzene rings is 10. The van der Waals surface area contributed by atoms with Crippen LogP contribution < -0.4 is 47.3 Å². The number of aromatic nitrogens is 1. The molecule has 10 aromatic carbocycles. The molecule has 90 heavy (non-hydrogen) atoms. The zero-order valence-corrected chi connectivity index (χ0v) is 56.6. The van der Waals surface area contributed by atoms with E-state index in [0.717, 1.165) is 39.8 Å². The molecule has 4 aliphatic rings. The lowest BCUT2D eigenvalue weighted by atomic mass is 9.30. The first kappa shape index (κ1) is 57.9. The summed E-state index contributed by atoms with van der Waals surface area (Å²) in [6.45, 7) is 43.8. The molecule has 0 fully saturated rings. The number of aryl methyl sites for hydroxylation is 4. The Bertz CT molecular complexity index is 4870. The summed E-state index contributed by atoms with van der Waals surface area (Å²) in [6.07, 6.45) is 0. The average molecular weight is 1170 g/mol. The topological polar surface area (TPSA) is 20.6 Å². The van der Waals surface area contributed by atoms with Gasteiger partial charge in [0.25, 0.3) is 13.4 Å². The minimum atomic E-state index is -0.155. The van der Waals surface area contributed by atoms with Gasteiger partial charge < -0.3 is 19.1 Å². The van der Waals surface area contributed by atoms with E-state index in [9.17, 15) is 0 Å². The van der Waals surface area contributed by atoms with Gasteiger partial charge in [-0.15, -0.1) is 0 Å². The third-order valence-corrected chi connectivity index (χ3v) is 20.6. The summed E-state index contributed by atoms with van der Waals surface area (Å²) < 4.78 is 10.5. The highest BCUT2D eigenvalue weighted by Gasteiger charge is 2.48. The lowest BCUT2D eigenvalue weighted by Crippen LogP contribution is -2.64. The molecule has 0 aliphatic carbocycles. The molecule has 0 saturated carbocycles. The van der Waals surface area contributed by atoms with Crippen molar-refractivity contribution in [2.45, 2.75) is 159 Å². The first-order valence-electron chi connectivity index (χ1n) is 32.9. The summed E-state index contributed by atoms with van der Waals surface area (Å²) in [6, 6.07) is 67.4. The average Bonchev–Trinajstić information content (AvgIpc) is 1.18. The Balaban J connectivity index is 1.08. The van der Waals surface area contributed by atoms with Crippen LogP contribution in [0.15, 0.2) is 170 Å². The second-order valence-electron chi connectivity index (χ2n) is 32.2. The minimum absolute atomic E-state index is 0.00310. The molecule has 1 aromatic heterocycles. The van der Waals surface area contributed by atoms with Gasteiger partial charge in [-0.1, -0.05) is 206 Å². The van der Waals surface area contributed by atoms with Gasteiger partial charge in [-0.3, -0.25) is 0 Å². The largest absolute Gasteiger partial charge is 0.458 e. The fourth-order valence-electron chi connectivity index (χ4n) is 15.3. The van der Waals surface area contributed by atoms with E-state index >= 15 is 0 Å². The molecule has 4 nitrogen and oxygen atoms in total. The normalized spacial score (nSPS) is 14.2. The second kappa shape index (κ2) is 19.5. The summed E-state index contributed by atoms with van der Waals surface area (Å²) >= 11 is 0. The van der Waals surface area contributed by atoms with Gasteiger partial charge in [0.2, 0.25) is 0 Å². The Hall–Kier alpha value is -8.47. The molecule has 0 radical (unpaired) electrons. The van der Waals surface area contributed by atoms with Crippen LogP contribution >= 0.6 is 0 Å². The molecular formula is C84H85B2N3O. The third-order valence-electron chi connectivity index (χ3n) is 20.6. The first-order chi connectivity index (χ1) is 42.4. The van der Waals surface area contributed by atoms with Gasteiger partial charge in [-0.25, -0.2) is 0 Å². The predicted octanol–water partition coefficient (Wildman–Crippen LogP) is 18.9. The fraction of sp³-hybridized carbons (Fsp3) is 0.286. The van der Waals surface area contributed by atoms with Crippen molar-refractivity contribution in [2.24, 2.45) is 0 Å². The Labute approximate surface area is 536 Å². The van der Waals surface area contributed by atoms with Crippen LogP contribution in [0.2, 0.25) is 0 Å². The molecule has 0 atom stereocenters. The van der Waals surface area contributed by atoms with Gasteiger partial charge in [0.05, 0.1) is 5.52 Å². The zero-order valence-electron chi connectivity index (χ0n) is 56.6. The summed E-state index contributed by atoms with van der Waals surface area (Å²) in [7, 11) is 0. The smallest absolute Gasteiger partial charge is 0.256 e. The molecule has 0 N–H and O–H groups in total. The van der Waals surface area contributed by atoms with Crippen LogP contribution in [-0.4, -0.2) is 18.0 Å². The summed E-state index contributed by atoms with van der Waals surface area (Å²) in [5.41, 5.74) is 34.5. The zero-order chi connectivity index (χ0) is 63.4. The Morgan fingerprint density at radius 1 is 0.322 bits per heavy atom. The van der Waals surface area contributed by atoms with Gasteiger partial charge in [-0.2, -0.15) is 0 Å². The van der Waals surface area contributed by atoms with Crippen molar-refractivity contribution in [1.82, 2.24) is 4.57 Å². The SMILES string of the molecule is Cc1ccc(C)c(-c2cc3c4c(c2)N(c2ccc(C(C)(C)C)cc2)c2ccc(C(C)(C)C)cc2B4c2cc4c(cc2O3)N(c2ccc(C(C)(C)C)cc2)c2cc(-c3cc(C)ccc3C)cc3c2B4c2cc(C(C)(C)C)cc4c5cc(C(C)(C)C)ccc5n-3c24)c1. The van der Waals surface area contributed by atoms with E-state index in [1.165, 1.54) is 138 Å². The molecule has 0 amide bonds. The maximum atomic E-state index is 7.85. The lowest BCUT2D eigenvalue weighted by molar-refractivity contribution is 0.488. The van der Waals surface area contributed by atoms with E-state index in [2.05, 4.69) is 316 Å². The summed E-state index contributed by atoms with van der Waals surface area (Å²) in [5, 5.41) is 2.62. The Morgan fingerprint density at radius 2 is 0.778 bits per heavy atom. The van der Waals surface area contributed by atoms with E-state index in [1.54, 1.807) is 0 Å². The van der Waals surface area contributed by atoms with Crippen LogP contribution in [0.5, 0.6) is 11.5 Å². The molecule has 0 saturated heterocycles. The van der Waals surface area contributed by atoms with Gasteiger partial charge in [0, 0.05) is 62.2 Å². The van der Waals surface area contributed by atoms with Crippen molar-refractivity contribution in [2.75, 3.05) is 9.80 Å². The summed E-state index contributed by atoms with van der Waals surface area (Å²) in [5.74, 6) is 1.79. The van der Waals surface area contributed by atoms with E-state index in [1.807, 2.05) is 0 Å². The maximum absolute atomic E-state index is 7.85. The third kappa shape index (κ3) is 8.99. The molecule has 15 rings (SSSR count). The van der Waals surface area contributed by atoms with Crippen molar-refractivity contribution in [3.63, 3.8) is 0 Å². The number of fused-ring (bicyclic) bond motifs is 11. The molecule has 448 valence electrons. The van der Waals surface area contributed by atoms with Gasteiger partial charge in [-0.05, 0) is 222 Å². The van der Waals surface area contributed by atoms with Crippen LogP contribution in [0.1, 0.15) is 154 Å². The van der Waals surface area contributed by atoms with Crippen molar-refractivity contribution >= 4 is 102 Å². The monoisotopic (exact) mass is 1170 g/mol. The highest BCUT2D eigenvalue weighted by molar-refractivity contribution is 7.02. The molecule has 0 unspecified atom stereocenters. The molecular weight excluding hydrogens is 1090 g/mol. The molecule has 6 heteroatoms.